The average molecular weight is 385 g/mol. The number of aliphatic imine (C=N–C) groups is 1. The summed E-state index contributed by atoms with van der Waals surface area (Å²) in [5.41, 5.74) is 3.31. The Morgan fingerprint density at radius 1 is 1.14 bits per heavy atom. The van der Waals surface area contributed by atoms with Gasteiger partial charge in [-0.2, -0.15) is 0 Å². The number of hydrogen-bond acceptors (Lipinski definition) is 3. The highest BCUT2D eigenvalue weighted by Gasteiger charge is 2.45. The van der Waals surface area contributed by atoms with Gasteiger partial charge in [-0.1, -0.05) is 31.0 Å². The van der Waals surface area contributed by atoms with E-state index in [1.54, 1.807) is 0 Å². The third kappa shape index (κ3) is 3.43. The van der Waals surface area contributed by atoms with E-state index in [0.717, 1.165) is 51.6 Å². The fourth-order valence-electron chi connectivity index (χ4n) is 5.41. The van der Waals surface area contributed by atoms with Gasteiger partial charge < -0.3 is 19.9 Å². The largest absolute Gasteiger partial charge is 0.381 e. The van der Waals surface area contributed by atoms with Crippen LogP contribution >= 0.6 is 0 Å². The molecule has 0 atom stereocenters. The van der Waals surface area contributed by atoms with Crippen molar-refractivity contribution in [2.45, 2.75) is 56.4 Å². The molecule has 0 unspecified atom stereocenters. The lowest BCUT2D eigenvalue weighted by atomic mass is 9.81. The molecule has 1 aliphatic carbocycles. The van der Waals surface area contributed by atoms with E-state index >= 15 is 0 Å². The molecular formula is C23H36N4O. The third-order valence-electron chi connectivity index (χ3n) is 7.27. The van der Waals surface area contributed by atoms with Gasteiger partial charge in [-0.15, -0.1) is 0 Å². The Bertz CT molecular complexity index is 702. The van der Waals surface area contributed by atoms with E-state index in [-0.39, 0.29) is 5.54 Å². The zero-order chi connectivity index (χ0) is 19.6. The average Bonchev–Trinajstić information content (AvgIpc) is 3.32. The maximum absolute atomic E-state index is 5.64. The monoisotopic (exact) mass is 384 g/mol. The number of guanidine groups is 1. The lowest BCUT2D eigenvalue weighted by Gasteiger charge is -2.42. The summed E-state index contributed by atoms with van der Waals surface area (Å²) < 4.78 is 5.64. The molecule has 1 saturated carbocycles. The highest BCUT2D eigenvalue weighted by Crippen LogP contribution is 2.50. The predicted molar refractivity (Wildman–Crippen MR) is 116 cm³/mol. The Kier molecular flexibility index (Phi) is 5.66. The summed E-state index contributed by atoms with van der Waals surface area (Å²) >= 11 is 0. The number of likely N-dealkylation sites (N-methyl/N-ethyl adjacent to an activating group) is 1. The van der Waals surface area contributed by atoms with E-state index in [4.69, 9.17) is 9.73 Å². The number of nitrogens with zero attached hydrogens (tertiary/aromatic N) is 3. The van der Waals surface area contributed by atoms with E-state index in [1.165, 1.54) is 36.9 Å². The molecule has 1 aromatic rings. The zero-order valence-corrected chi connectivity index (χ0v) is 17.8. The van der Waals surface area contributed by atoms with Crippen molar-refractivity contribution in [2.24, 2.45) is 4.99 Å². The summed E-state index contributed by atoms with van der Waals surface area (Å²) in [5.74, 6) is 1.05. The molecule has 1 spiro atoms. The standard InChI is InChI=1S/C23H36N4O/c1-4-24-21(25-17-23(26(2)3)13-15-28-16-14-23)27-18-22(11-7-8-12-22)19-9-5-6-10-20(19)27/h5-6,9-10H,4,7-8,11-18H2,1-3H3,(H,24,25). The maximum atomic E-state index is 5.64. The van der Waals surface area contributed by atoms with Gasteiger partial charge in [0.15, 0.2) is 5.96 Å². The Morgan fingerprint density at radius 3 is 2.54 bits per heavy atom. The molecule has 0 radical (unpaired) electrons. The van der Waals surface area contributed by atoms with Crippen molar-refractivity contribution in [3.8, 4) is 0 Å². The fraction of sp³-hybridized carbons (Fsp3) is 0.696. The number of benzene rings is 1. The molecule has 0 bridgehead atoms. The number of hydrogen-bond donors (Lipinski definition) is 1. The van der Waals surface area contributed by atoms with Crippen LogP contribution in [0.25, 0.3) is 0 Å². The van der Waals surface area contributed by atoms with Crippen LogP contribution in [-0.4, -0.2) is 63.3 Å². The minimum absolute atomic E-state index is 0.100. The summed E-state index contributed by atoms with van der Waals surface area (Å²) in [5, 5.41) is 3.59. The molecule has 1 N–H and O–H groups in total. The smallest absolute Gasteiger partial charge is 0.198 e. The highest BCUT2D eigenvalue weighted by atomic mass is 16.5. The molecule has 0 aromatic heterocycles. The molecule has 154 valence electrons. The number of fused-ring (bicyclic) bond motifs is 2. The molecule has 2 heterocycles. The number of anilines is 1. The topological polar surface area (TPSA) is 40.1 Å². The van der Waals surface area contributed by atoms with Crippen LogP contribution in [0.4, 0.5) is 5.69 Å². The molecule has 4 rings (SSSR count). The van der Waals surface area contributed by atoms with Crippen molar-refractivity contribution < 1.29 is 4.74 Å². The van der Waals surface area contributed by atoms with Gasteiger partial charge in [0.05, 0.1) is 6.54 Å². The van der Waals surface area contributed by atoms with Crippen LogP contribution in [-0.2, 0) is 10.2 Å². The van der Waals surface area contributed by atoms with Crippen molar-refractivity contribution in [1.82, 2.24) is 10.2 Å². The molecule has 2 fully saturated rings. The van der Waals surface area contributed by atoms with E-state index < -0.39 is 0 Å². The Morgan fingerprint density at radius 2 is 1.86 bits per heavy atom. The molecule has 5 nitrogen and oxygen atoms in total. The molecule has 5 heteroatoms. The number of ether oxygens (including phenoxy) is 1. The quantitative estimate of drug-likeness (QED) is 0.638. The maximum Gasteiger partial charge on any atom is 0.198 e. The van der Waals surface area contributed by atoms with Gasteiger partial charge in [0.2, 0.25) is 0 Å². The highest BCUT2D eigenvalue weighted by molar-refractivity contribution is 5.98. The van der Waals surface area contributed by atoms with Gasteiger partial charge in [0, 0.05) is 42.9 Å². The lowest BCUT2D eigenvalue weighted by Crippen LogP contribution is -2.52. The van der Waals surface area contributed by atoms with Crippen molar-refractivity contribution in [3.63, 3.8) is 0 Å². The molecule has 1 saturated heterocycles. The van der Waals surface area contributed by atoms with Crippen molar-refractivity contribution in [2.75, 3.05) is 51.8 Å². The van der Waals surface area contributed by atoms with Gasteiger partial charge in [-0.3, -0.25) is 4.99 Å². The molecule has 28 heavy (non-hydrogen) atoms. The van der Waals surface area contributed by atoms with Crippen molar-refractivity contribution in [1.29, 1.82) is 0 Å². The summed E-state index contributed by atoms with van der Waals surface area (Å²) in [4.78, 5) is 10.0. The first-order valence-corrected chi connectivity index (χ1v) is 11.0. The van der Waals surface area contributed by atoms with E-state index in [0.29, 0.717) is 5.41 Å². The minimum atomic E-state index is 0.100. The SMILES string of the molecule is CCNC(=NCC1(N(C)C)CCOCC1)N1CC2(CCCC2)c2ccccc21. The van der Waals surface area contributed by atoms with Crippen LogP contribution < -0.4 is 10.2 Å². The number of para-hydroxylation sites is 1. The van der Waals surface area contributed by atoms with Crippen LogP contribution in [0.5, 0.6) is 0 Å². The number of rotatable bonds is 4. The second kappa shape index (κ2) is 8.03. The van der Waals surface area contributed by atoms with Gasteiger partial charge in [0.1, 0.15) is 0 Å². The first kappa shape index (κ1) is 19.7. The Balaban J connectivity index is 1.64. The summed E-state index contributed by atoms with van der Waals surface area (Å²) in [6.07, 6.45) is 7.39. The van der Waals surface area contributed by atoms with Gasteiger partial charge >= 0.3 is 0 Å². The van der Waals surface area contributed by atoms with E-state index in [9.17, 15) is 0 Å². The first-order chi connectivity index (χ1) is 13.6. The van der Waals surface area contributed by atoms with Gasteiger partial charge in [0.25, 0.3) is 0 Å². The lowest BCUT2D eigenvalue weighted by molar-refractivity contribution is -0.00252. The fourth-order valence-corrected chi connectivity index (χ4v) is 5.41. The Labute approximate surface area is 170 Å². The molecule has 2 aliphatic heterocycles. The summed E-state index contributed by atoms with van der Waals surface area (Å²) in [7, 11) is 4.37. The molecule has 0 amide bonds. The van der Waals surface area contributed by atoms with Crippen LogP contribution in [0.3, 0.4) is 0 Å². The Hall–Kier alpha value is -1.59. The van der Waals surface area contributed by atoms with Crippen LogP contribution in [0.2, 0.25) is 0 Å². The second-order valence-electron chi connectivity index (χ2n) is 8.99. The van der Waals surface area contributed by atoms with Crippen molar-refractivity contribution >= 4 is 11.6 Å². The van der Waals surface area contributed by atoms with E-state index in [1.807, 2.05) is 0 Å². The van der Waals surface area contributed by atoms with Crippen molar-refractivity contribution in [3.05, 3.63) is 29.8 Å². The predicted octanol–water partition coefficient (Wildman–Crippen LogP) is 3.39. The van der Waals surface area contributed by atoms with E-state index in [2.05, 4.69) is 60.4 Å². The summed E-state index contributed by atoms with van der Waals surface area (Å²) in [6, 6.07) is 9.01. The molecule has 3 aliphatic rings. The zero-order valence-electron chi connectivity index (χ0n) is 17.8. The first-order valence-electron chi connectivity index (χ1n) is 11.0. The van der Waals surface area contributed by atoms with Gasteiger partial charge in [-0.25, -0.2) is 0 Å². The van der Waals surface area contributed by atoms with Crippen LogP contribution in [0.1, 0.15) is 51.0 Å². The molecular weight excluding hydrogens is 348 g/mol. The van der Waals surface area contributed by atoms with Crippen LogP contribution in [0.15, 0.2) is 29.3 Å². The normalized spacial score (nSPS) is 23.4. The third-order valence-corrected chi connectivity index (χ3v) is 7.27. The number of nitrogens with one attached hydrogen (secondary N) is 1. The molecule has 1 aromatic carbocycles. The second-order valence-corrected chi connectivity index (χ2v) is 8.99. The minimum Gasteiger partial charge on any atom is -0.381 e. The van der Waals surface area contributed by atoms with Crippen LogP contribution in [0, 0.1) is 0 Å². The van der Waals surface area contributed by atoms with Gasteiger partial charge in [-0.05, 0) is 58.3 Å². The summed E-state index contributed by atoms with van der Waals surface area (Å²) in [6.45, 7) is 6.61.